The van der Waals surface area contributed by atoms with E-state index < -0.39 is 5.54 Å². The van der Waals surface area contributed by atoms with Crippen LogP contribution in [-0.4, -0.2) is 42.4 Å². The molecule has 2 amide bonds. The SMILES string of the molecule is CN(CC(=O)Nc1ccc(F)cc1)CC(=O)N[C@](C)(C#N)C1CC1. The van der Waals surface area contributed by atoms with Crippen LogP contribution in [0.4, 0.5) is 10.1 Å². The van der Waals surface area contributed by atoms with E-state index in [1.807, 2.05) is 0 Å². The zero-order valence-corrected chi connectivity index (χ0v) is 13.8. The maximum Gasteiger partial charge on any atom is 0.238 e. The molecular weight excluding hydrogens is 311 g/mol. The van der Waals surface area contributed by atoms with Crippen molar-refractivity contribution in [2.75, 3.05) is 25.5 Å². The fourth-order valence-corrected chi connectivity index (χ4v) is 2.49. The Morgan fingerprint density at radius 1 is 1.29 bits per heavy atom. The standard InChI is InChI=1S/C17H21FN4O2/c1-17(11-19,12-3-4-12)21-16(24)10-22(2)9-15(23)20-14-7-5-13(18)6-8-14/h5-8,12H,3-4,9-10H2,1-2H3,(H,20,23)(H,21,24)/t17-/m1/s1. The van der Waals surface area contributed by atoms with E-state index in [-0.39, 0.29) is 36.6 Å². The van der Waals surface area contributed by atoms with Gasteiger partial charge in [-0.3, -0.25) is 14.5 Å². The minimum absolute atomic E-state index is 0.0114. The van der Waals surface area contributed by atoms with Gasteiger partial charge >= 0.3 is 0 Å². The van der Waals surface area contributed by atoms with E-state index in [0.29, 0.717) is 5.69 Å². The molecule has 1 aromatic carbocycles. The number of benzene rings is 1. The fourth-order valence-electron chi connectivity index (χ4n) is 2.49. The molecule has 128 valence electrons. The lowest BCUT2D eigenvalue weighted by atomic mass is 9.98. The third-order valence-corrected chi connectivity index (χ3v) is 3.98. The second-order valence-electron chi connectivity index (χ2n) is 6.36. The minimum Gasteiger partial charge on any atom is -0.337 e. The van der Waals surface area contributed by atoms with E-state index in [4.69, 9.17) is 0 Å². The number of hydrogen-bond acceptors (Lipinski definition) is 4. The summed E-state index contributed by atoms with van der Waals surface area (Å²) in [5, 5.41) is 14.6. The molecule has 0 aliphatic heterocycles. The molecule has 6 nitrogen and oxygen atoms in total. The molecular formula is C17H21FN4O2. The van der Waals surface area contributed by atoms with Crippen LogP contribution in [-0.2, 0) is 9.59 Å². The number of nitriles is 1. The lowest BCUT2D eigenvalue weighted by Gasteiger charge is -2.24. The number of halogens is 1. The average Bonchev–Trinajstić information content (AvgIpc) is 3.34. The van der Waals surface area contributed by atoms with E-state index in [9.17, 15) is 19.2 Å². The van der Waals surface area contributed by atoms with Gasteiger partial charge in [-0.25, -0.2) is 4.39 Å². The highest BCUT2D eigenvalue weighted by atomic mass is 19.1. The van der Waals surface area contributed by atoms with E-state index in [2.05, 4.69) is 16.7 Å². The van der Waals surface area contributed by atoms with Crippen molar-refractivity contribution >= 4 is 17.5 Å². The molecule has 7 heteroatoms. The van der Waals surface area contributed by atoms with Crippen molar-refractivity contribution in [1.82, 2.24) is 10.2 Å². The normalized spacial score (nSPS) is 16.1. The van der Waals surface area contributed by atoms with Crippen LogP contribution >= 0.6 is 0 Å². The summed E-state index contributed by atoms with van der Waals surface area (Å²) in [6, 6.07) is 7.61. The Morgan fingerprint density at radius 2 is 1.88 bits per heavy atom. The van der Waals surface area contributed by atoms with Gasteiger partial charge in [0.15, 0.2) is 0 Å². The van der Waals surface area contributed by atoms with Gasteiger partial charge in [-0.15, -0.1) is 0 Å². The highest BCUT2D eigenvalue weighted by molar-refractivity contribution is 5.92. The van der Waals surface area contributed by atoms with E-state index >= 15 is 0 Å². The fraction of sp³-hybridized carbons (Fsp3) is 0.471. The third-order valence-electron chi connectivity index (χ3n) is 3.98. The van der Waals surface area contributed by atoms with Crippen LogP contribution in [0.25, 0.3) is 0 Å². The largest absolute Gasteiger partial charge is 0.337 e. The van der Waals surface area contributed by atoms with Gasteiger partial charge in [-0.05, 0) is 57.0 Å². The van der Waals surface area contributed by atoms with Crippen LogP contribution in [0.2, 0.25) is 0 Å². The smallest absolute Gasteiger partial charge is 0.238 e. The van der Waals surface area contributed by atoms with E-state index in [0.717, 1.165) is 12.8 Å². The molecule has 2 rings (SSSR count). The van der Waals surface area contributed by atoms with Gasteiger partial charge in [0.1, 0.15) is 11.4 Å². The molecule has 0 radical (unpaired) electrons. The van der Waals surface area contributed by atoms with Gasteiger partial charge in [-0.2, -0.15) is 5.26 Å². The zero-order chi connectivity index (χ0) is 17.7. The van der Waals surface area contributed by atoms with Gasteiger partial charge in [0, 0.05) is 5.69 Å². The van der Waals surface area contributed by atoms with Crippen molar-refractivity contribution in [3.05, 3.63) is 30.1 Å². The topological polar surface area (TPSA) is 85.2 Å². The summed E-state index contributed by atoms with van der Waals surface area (Å²) in [6.45, 7) is 1.75. The maximum absolute atomic E-state index is 12.8. The van der Waals surface area contributed by atoms with Crippen molar-refractivity contribution in [1.29, 1.82) is 5.26 Å². The molecule has 0 aromatic heterocycles. The molecule has 1 aliphatic rings. The quantitative estimate of drug-likeness (QED) is 0.792. The second-order valence-corrected chi connectivity index (χ2v) is 6.36. The van der Waals surface area contributed by atoms with Crippen LogP contribution < -0.4 is 10.6 Å². The van der Waals surface area contributed by atoms with Crippen LogP contribution in [0.15, 0.2) is 24.3 Å². The molecule has 24 heavy (non-hydrogen) atoms. The number of hydrogen-bond donors (Lipinski definition) is 2. The number of likely N-dealkylation sites (N-methyl/N-ethyl adjacent to an activating group) is 1. The molecule has 1 fully saturated rings. The molecule has 2 N–H and O–H groups in total. The summed E-state index contributed by atoms with van der Waals surface area (Å²) in [7, 11) is 1.64. The average molecular weight is 332 g/mol. The number of nitrogens with one attached hydrogen (secondary N) is 2. The first-order valence-corrected chi connectivity index (χ1v) is 7.78. The van der Waals surface area contributed by atoms with Crippen LogP contribution in [0.3, 0.4) is 0 Å². The van der Waals surface area contributed by atoms with Crippen LogP contribution in [0.5, 0.6) is 0 Å². The highest BCUT2D eigenvalue weighted by Crippen LogP contribution is 2.39. The Kier molecular flexibility index (Phi) is 5.52. The maximum atomic E-state index is 12.8. The molecule has 0 unspecified atom stereocenters. The molecule has 1 aliphatic carbocycles. The Labute approximate surface area is 140 Å². The first-order valence-electron chi connectivity index (χ1n) is 7.78. The number of anilines is 1. The van der Waals surface area contributed by atoms with Crippen molar-refractivity contribution < 1.29 is 14.0 Å². The minimum atomic E-state index is -0.839. The van der Waals surface area contributed by atoms with Gasteiger partial charge in [0.05, 0.1) is 19.2 Å². The molecule has 1 aromatic rings. The first-order chi connectivity index (χ1) is 11.3. The monoisotopic (exact) mass is 332 g/mol. The molecule has 1 atom stereocenters. The van der Waals surface area contributed by atoms with Crippen LogP contribution in [0, 0.1) is 23.1 Å². The summed E-state index contributed by atoms with van der Waals surface area (Å²) in [4.78, 5) is 25.5. The Balaban J connectivity index is 1.78. The number of amides is 2. The Hall–Kier alpha value is -2.46. The van der Waals surface area contributed by atoms with E-state index in [1.165, 1.54) is 24.3 Å². The van der Waals surface area contributed by atoms with Gasteiger partial charge in [0.2, 0.25) is 11.8 Å². The van der Waals surface area contributed by atoms with Gasteiger partial charge in [0.25, 0.3) is 0 Å². The molecule has 0 bridgehead atoms. The van der Waals surface area contributed by atoms with Crippen molar-refractivity contribution in [2.45, 2.75) is 25.3 Å². The number of carbonyl (C=O) groups excluding carboxylic acids is 2. The lowest BCUT2D eigenvalue weighted by molar-refractivity contribution is -0.124. The second kappa shape index (κ2) is 7.41. The lowest BCUT2D eigenvalue weighted by Crippen LogP contribution is -2.50. The molecule has 0 saturated heterocycles. The molecule has 0 heterocycles. The van der Waals surface area contributed by atoms with Crippen LogP contribution in [0.1, 0.15) is 19.8 Å². The van der Waals surface area contributed by atoms with Gasteiger partial charge in [-0.1, -0.05) is 0 Å². The number of nitrogens with zero attached hydrogens (tertiary/aromatic N) is 2. The summed E-state index contributed by atoms with van der Waals surface area (Å²) in [5.41, 5.74) is -0.348. The Bertz CT molecular complexity index is 652. The van der Waals surface area contributed by atoms with Crippen molar-refractivity contribution in [2.24, 2.45) is 5.92 Å². The molecule has 1 saturated carbocycles. The predicted molar refractivity (Wildman–Crippen MR) is 87.4 cm³/mol. The number of carbonyl (C=O) groups is 2. The molecule has 0 spiro atoms. The Morgan fingerprint density at radius 3 is 2.42 bits per heavy atom. The highest BCUT2D eigenvalue weighted by Gasteiger charge is 2.43. The van der Waals surface area contributed by atoms with E-state index in [1.54, 1.807) is 18.9 Å². The van der Waals surface area contributed by atoms with Gasteiger partial charge < -0.3 is 10.6 Å². The predicted octanol–water partition coefficient (Wildman–Crippen LogP) is 1.50. The summed E-state index contributed by atoms with van der Waals surface area (Å²) < 4.78 is 12.8. The zero-order valence-electron chi connectivity index (χ0n) is 13.8. The van der Waals surface area contributed by atoms with Crippen molar-refractivity contribution in [3.63, 3.8) is 0 Å². The third kappa shape index (κ3) is 5.03. The summed E-state index contributed by atoms with van der Waals surface area (Å²) in [5.74, 6) is -0.762. The summed E-state index contributed by atoms with van der Waals surface area (Å²) in [6.07, 6.45) is 1.89. The summed E-state index contributed by atoms with van der Waals surface area (Å²) >= 11 is 0. The van der Waals surface area contributed by atoms with Crippen molar-refractivity contribution in [3.8, 4) is 6.07 Å². The first kappa shape index (κ1) is 17.9. The number of rotatable bonds is 7.